The SMILES string of the molecule is CN=C(NCc1cccc(OCCCOC)c1)NCC(C)(C)NC(=O)OC(C)(C)C. The van der Waals surface area contributed by atoms with Crippen LogP contribution in [-0.4, -0.2) is 57.1 Å². The molecule has 0 unspecified atom stereocenters. The zero-order valence-corrected chi connectivity index (χ0v) is 19.4. The molecule has 0 saturated carbocycles. The summed E-state index contributed by atoms with van der Waals surface area (Å²) >= 11 is 0. The van der Waals surface area contributed by atoms with Gasteiger partial charge >= 0.3 is 6.09 Å². The van der Waals surface area contributed by atoms with E-state index in [-0.39, 0.29) is 0 Å². The first-order chi connectivity index (χ1) is 14.0. The van der Waals surface area contributed by atoms with Crippen LogP contribution in [0, 0.1) is 0 Å². The Morgan fingerprint density at radius 2 is 1.83 bits per heavy atom. The number of nitrogens with one attached hydrogen (secondary N) is 3. The van der Waals surface area contributed by atoms with Crippen LogP contribution in [0.3, 0.4) is 0 Å². The Morgan fingerprint density at radius 3 is 2.47 bits per heavy atom. The standard InChI is InChI=1S/C22H38N4O4/c1-21(2,3)30-20(27)26-22(4,5)16-25-19(23-6)24-15-17-10-8-11-18(14-17)29-13-9-12-28-7/h8,10-11,14H,9,12-13,15-16H2,1-7H3,(H,26,27)(H2,23,24,25). The van der Waals surface area contributed by atoms with Crippen molar-refractivity contribution < 1.29 is 19.0 Å². The van der Waals surface area contributed by atoms with Gasteiger partial charge in [-0.05, 0) is 52.3 Å². The third-order valence-corrected chi connectivity index (χ3v) is 3.88. The molecular weight excluding hydrogens is 384 g/mol. The lowest BCUT2D eigenvalue weighted by Gasteiger charge is -2.29. The summed E-state index contributed by atoms with van der Waals surface area (Å²) in [5, 5.41) is 9.38. The second-order valence-corrected chi connectivity index (χ2v) is 8.63. The monoisotopic (exact) mass is 422 g/mol. The molecule has 1 amide bonds. The molecule has 0 radical (unpaired) electrons. The summed E-state index contributed by atoms with van der Waals surface area (Å²) in [6.45, 7) is 11.7. The van der Waals surface area contributed by atoms with E-state index < -0.39 is 17.2 Å². The lowest BCUT2D eigenvalue weighted by atomic mass is 10.1. The summed E-state index contributed by atoms with van der Waals surface area (Å²) in [5.74, 6) is 1.47. The minimum atomic E-state index is -0.535. The first-order valence-corrected chi connectivity index (χ1v) is 10.2. The summed E-state index contributed by atoms with van der Waals surface area (Å²) in [7, 11) is 3.39. The third kappa shape index (κ3) is 11.5. The number of hydrogen-bond acceptors (Lipinski definition) is 5. The van der Waals surface area contributed by atoms with E-state index in [1.807, 2.05) is 58.9 Å². The fourth-order valence-electron chi connectivity index (χ4n) is 2.47. The maximum Gasteiger partial charge on any atom is 0.408 e. The number of benzene rings is 1. The predicted molar refractivity (Wildman–Crippen MR) is 120 cm³/mol. The van der Waals surface area contributed by atoms with Gasteiger partial charge in [0.05, 0.1) is 12.1 Å². The molecule has 30 heavy (non-hydrogen) atoms. The van der Waals surface area contributed by atoms with Crippen molar-refractivity contribution in [1.82, 2.24) is 16.0 Å². The number of hydrogen-bond donors (Lipinski definition) is 3. The van der Waals surface area contributed by atoms with Crippen molar-refractivity contribution in [2.45, 2.75) is 58.7 Å². The first kappa shape index (κ1) is 25.6. The van der Waals surface area contributed by atoms with Crippen molar-refractivity contribution >= 4 is 12.1 Å². The highest BCUT2D eigenvalue weighted by molar-refractivity contribution is 5.79. The molecular formula is C22H38N4O4. The van der Waals surface area contributed by atoms with E-state index in [4.69, 9.17) is 14.2 Å². The van der Waals surface area contributed by atoms with Crippen molar-refractivity contribution in [3.05, 3.63) is 29.8 Å². The van der Waals surface area contributed by atoms with Crippen LogP contribution in [0.2, 0.25) is 0 Å². The van der Waals surface area contributed by atoms with Crippen LogP contribution in [0.25, 0.3) is 0 Å². The highest BCUT2D eigenvalue weighted by atomic mass is 16.6. The highest BCUT2D eigenvalue weighted by Gasteiger charge is 2.24. The van der Waals surface area contributed by atoms with Gasteiger partial charge in [0.25, 0.3) is 0 Å². The van der Waals surface area contributed by atoms with E-state index in [1.54, 1.807) is 14.2 Å². The molecule has 8 nitrogen and oxygen atoms in total. The topological polar surface area (TPSA) is 93.2 Å². The number of rotatable bonds is 10. The summed E-state index contributed by atoms with van der Waals surface area (Å²) in [6, 6.07) is 7.93. The van der Waals surface area contributed by atoms with E-state index in [2.05, 4.69) is 20.9 Å². The number of carbonyl (C=O) groups is 1. The van der Waals surface area contributed by atoms with E-state index in [0.29, 0.717) is 32.3 Å². The number of carbonyl (C=O) groups excluding carboxylic acids is 1. The number of amides is 1. The maximum absolute atomic E-state index is 12.0. The van der Waals surface area contributed by atoms with Gasteiger partial charge in [-0.15, -0.1) is 0 Å². The van der Waals surface area contributed by atoms with Crippen LogP contribution in [0.5, 0.6) is 5.75 Å². The van der Waals surface area contributed by atoms with Gasteiger partial charge in [-0.1, -0.05) is 12.1 Å². The van der Waals surface area contributed by atoms with Crippen molar-refractivity contribution in [3.8, 4) is 5.75 Å². The lowest BCUT2D eigenvalue weighted by molar-refractivity contribution is 0.0474. The Morgan fingerprint density at radius 1 is 1.10 bits per heavy atom. The summed E-state index contributed by atoms with van der Waals surface area (Å²) in [4.78, 5) is 16.3. The Kier molecular flexibility index (Phi) is 10.5. The van der Waals surface area contributed by atoms with Crippen LogP contribution < -0.4 is 20.7 Å². The largest absolute Gasteiger partial charge is 0.493 e. The number of alkyl carbamates (subject to hydrolysis) is 1. The van der Waals surface area contributed by atoms with Gasteiger partial charge in [0.1, 0.15) is 11.4 Å². The third-order valence-electron chi connectivity index (χ3n) is 3.88. The Labute approximate surface area is 180 Å². The first-order valence-electron chi connectivity index (χ1n) is 10.2. The molecule has 0 bridgehead atoms. The average molecular weight is 423 g/mol. The van der Waals surface area contributed by atoms with Crippen molar-refractivity contribution in [2.24, 2.45) is 4.99 Å². The van der Waals surface area contributed by atoms with E-state index in [0.717, 1.165) is 17.7 Å². The fraction of sp³-hybridized carbons (Fsp3) is 0.636. The van der Waals surface area contributed by atoms with E-state index in [1.165, 1.54) is 0 Å². The number of guanidine groups is 1. The van der Waals surface area contributed by atoms with Crippen LogP contribution in [0.1, 0.15) is 46.6 Å². The molecule has 170 valence electrons. The molecule has 0 saturated heterocycles. The molecule has 0 atom stereocenters. The summed E-state index contributed by atoms with van der Waals surface area (Å²) in [6.07, 6.45) is 0.405. The van der Waals surface area contributed by atoms with Crippen molar-refractivity contribution in [2.75, 3.05) is 33.9 Å². The smallest absolute Gasteiger partial charge is 0.408 e. The minimum absolute atomic E-state index is 0.445. The molecule has 0 aromatic heterocycles. The van der Waals surface area contributed by atoms with Crippen LogP contribution >= 0.6 is 0 Å². The molecule has 3 N–H and O–H groups in total. The summed E-state index contributed by atoms with van der Waals surface area (Å²) in [5.41, 5.74) is 0.0247. The fourth-order valence-corrected chi connectivity index (χ4v) is 2.47. The molecule has 0 heterocycles. The zero-order valence-electron chi connectivity index (χ0n) is 19.4. The molecule has 0 spiro atoms. The van der Waals surface area contributed by atoms with Gasteiger partial charge in [-0.25, -0.2) is 4.79 Å². The molecule has 1 rings (SSSR count). The Balaban J connectivity index is 2.48. The molecule has 0 aliphatic rings. The molecule has 8 heteroatoms. The van der Waals surface area contributed by atoms with Crippen molar-refractivity contribution in [3.63, 3.8) is 0 Å². The van der Waals surface area contributed by atoms with Gasteiger partial charge in [-0.3, -0.25) is 4.99 Å². The Bertz CT molecular complexity index is 684. The van der Waals surface area contributed by atoms with Gasteiger partial charge in [-0.2, -0.15) is 0 Å². The lowest BCUT2D eigenvalue weighted by Crippen LogP contribution is -2.54. The number of nitrogens with zero attached hydrogens (tertiary/aromatic N) is 1. The van der Waals surface area contributed by atoms with E-state index >= 15 is 0 Å². The number of ether oxygens (including phenoxy) is 3. The quantitative estimate of drug-likeness (QED) is 0.305. The second kappa shape index (κ2) is 12.3. The van der Waals surface area contributed by atoms with Crippen LogP contribution in [0.15, 0.2) is 29.3 Å². The van der Waals surface area contributed by atoms with Crippen LogP contribution in [0.4, 0.5) is 4.79 Å². The normalized spacial score (nSPS) is 12.3. The summed E-state index contributed by atoms with van der Waals surface area (Å²) < 4.78 is 16.1. The molecule has 0 aliphatic carbocycles. The predicted octanol–water partition coefficient (Wildman–Crippen LogP) is 3.07. The molecule has 0 fully saturated rings. The highest BCUT2D eigenvalue weighted by Crippen LogP contribution is 2.13. The van der Waals surface area contributed by atoms with Gasteiger partial charge < -0.3 is 30.2 Å². The van der Waals surface area contributed by atoms with Gasteiger partial charge in [0, 0.05) is 40.3 Å². The van der Waals surface area contributed by atoms with Gasteiger partial charge in [0.2, 0.25) is 0 Å². The second-order valence-electron chi connectivity index (χ2n) is 8.63. The van der Waals surface area contributed by atoms with Crippen LogP contribution in [-0.2, 0) is 16.0 Å². The van der Waals surface area contributed by atoms with E-state index in [9.17, 15) is 4.79 Å². The number of aliphatic imine (C=N–C) groups is 1. The van der Waals surface area contributed by atoms with Gasteiger partial charge in [0.15, 0.2) is 5.96 Å². The minimum Gasteiger partial charge on any atom is -0.493 e. The molecule has 0 aliphatic heterocycles. The Hall–Kier alpha value is -2.48. The maximum atomic E-state index is 12.0. The molecule has 1 aromatic carbocycles. The number of methoxy groups -OCH3 is 1. The zero-order chi connectivity index (χ0) is 22.6. The molecule has 1 aromatic rings. The van der Waals surface area contributed by atoms with Crippen molar-refractivity contribution in [1.29, 1.82) is 0 Å². The average Bonchev–Trinajstić information content (AvgIpc) is 2.63.